The van der Waals surface area contributed by atoms with Crippen LogP contribution in [0.15, 0.2) is 60.0 Å². The normalized spacial score (nSPS) is 10.2. The fourth-order valence-electron chi connectivity index (χ4n) is 2.49. The van der Waals surface area contributed by atoms with Crippen molar-refractivity contribution in [1.82, 2.24) is 0 Å². The summed E-state index contributed by atoms with van der Waals surface area (Å²) < 4.78 is 5.35. The highest BCUT2D eigenvalue weighted by atomic mass is 32.1. The van der Waals surface area contributed by atoms with Gasteiger partial charge in [0.1, 0.15) is 5.75 Å². The van der Waals surface area contributed by atoms with Gasteiger partial charge in [0.05, 0.1) is 17.7 Å². The van der Waals surface area contributed by atoms with Crippen molar-refractivity contribution in [3.05, 3.63) is 76.0 Å². The highest BCUT2D eigenvalue weighted by Gasteiger charge is 2.13. The van der Waals surface area contributed by atoms with Gasteiger partial charge in [-0.15, -0.1) is 11.3 Å². The maximum atomic E-state index is 12.4. The molecule has 6 heteroatoms. The standard InChI is InChI=1S/C20H18N2O3S/c1-13-6-3-4-7-15(13)19(23)21-14-9-10-16(17(12-14)25-2)22-20(24)18-8-5-11-26-18/h3-12H,1-2H3,(H,21,23)(H,22,24). The Morgan fingerprint density at radius 2 is 1.77 bits per heavy atom. The summed E-state index contributed by atoms with van der Waals surface area (Å²) in [6.45, 7) is 1.89. The molecule has 2 N–H and O–H groups in total. The van der Waals surface area contributed by atoms with Gasteiger partial charge in [-0.3, -0.25) is 9.59 Å². The lowest BCUT2D eigenvalue weighted by Crippen LogP contribution is -2.14. The lowest BCUT2D eigenvalue weighted by molar-refractivity contribution is 0.101. The van der Waals surface area contributed by atoms with Crippen LogP contribution in [0.1, 0.15) is 25.6 Å². The Labute approximate surface area is 155 Å². The lowest BCUT2D eigenvalue weighted by Gasteiger charge is -2.13. The molecule has 0 unspecified atom stereocenters. The molecule has 132 valence electrons. The van der Waals surface area contributed by atoms with Gasteiger partial charge >= 0.3 is 0 Å². The van der Waals surface area contributed by atoms with Crippen LogP contribution >= 0.6 is 11.3 Å². The van der Waals surface area contributed by atoms with Crippen molar-refractivity contribution in [3.63, 3.8) is 0 Å². The predicted molar refractivity (Wildman–Crippen MR) is 104 cm³/mol. The SMILES string of the molecule is COc1cc(NC(=O)c2ccccc2C)ccc1NC(=O)c1cccs1. The summed E-state index contributed by atoms with van der Waals surface area (Å²) in [7, 11) is 1.52. The van der Waals surface area contributed by atoms with E-state index in [4.69, 9.17) is 4.74 Å². The molecule has 2 aromatic carbocycles. The third-order valence-corrected chi connectivity index (χ3v) is 4.71. The van der Waals surface area contributed by atoms with E-state index in [2.05, 4.69) is 10.6 Å². The summed E-state index contributed by atoms with van der Waals surface area (Å²) in [5.74, 6) is 0.0769. The number of carbonyl (C=O) groups is 2. The summed E-state index contributed by atoms with van der Waals surface area (Å²) in [6.07, 6.45) is 0. The minimum absolute atomic E-state index is 0.194. The van der Waals surface area contributed by atoms with Crippen molar-refractivity contribution < 1.29 is 14.3 Å². The predicted octanol–water partition coefficient (Wildman–Crippen LogP) is 4.57. The molecule has 1 heterocycles. The van der Waals surface area contributed by atoms with Gasteiger partial charge in [0, 0.05) is 17.3 Å². The van der Waals surface area contributed by atoms with Crippen molar-refractivity contribution >= 4 is 34.5 Å². The van der Waals surface area contributed by atoms with Crippen LogP contribution < -0.4 is 15.4 Å². The first-order valence-corrected chi connectivity index (χ1v) is 8.86. The number of benzene rings is 2. The summed E-state index contributed by atoms with van der Waals surface area (Å²) >= 11 is 1.36. The van der Waals surface area contributed by atoms with E-state index in [1.807, 2.05) is 36.6 Å². The van der Waals surface area contributed by atoms with Crippen LogP contribution in [0.3, 0.4) is 0 Å². The number of thiophene rings is 1. The molecule has 2 amide bonds. The number of methoxy groups -OCH3 is 1. The molecule has 0 aliphatic rings. The van der Waals surface area contributed by atoms with Gasteiger partial charge in [-0.25, -0.2) is 0 Å². The fourth-order valence-corrected chi connectivity index (χ4v) is 3.11. The summed E-state index contributed by atoms with van der Waals surface area (Å²) in [4.78, 5) is 25.2. The zero-order valence-electron chi connectivity index (χ0n) is 14.4. The Hall–Kier alpha value is -3.12. The van der Waals surface area contributed by atoms with Gasteiger partial charge in [0.2, 0.25) is 0 Å². The maximum absolute atomic E-state index is 12.4. The number of rotatable bonds is 5. The van der Waals surface area contributed by atoms with Crippen LogP contribution in [0.25, 0.3) is 0 Å². The topological polar surface area (TPSA) is 67.4 Å². The number of carbonyl (C=O) groups excluding carboxylic acids is 2. The van der Waals surface area contributed by atoms with Crippen molar-refractivity contribution in [2.24, 2.45) is 0 Å². The van der Waals surface area contributed by atoms with Crippen LogP contribution in [0, 0.1) is 6.92 Å². The smallest absolute Gasteiger partial charge is 0.265 e. The first-order chi connectivity index (χ1) is 12.6. The molecule has 5 nitrogen and oxygen atoms in total. The molecule has 3 aromatic rings. The van der Waals surface area contributed by atoms with Gasteiger partial charge in [-0.1, -0.05) is 24.3 Å². The van der Waals surface area contributed by atoms with E-state index < -0.39 is 0 Å². The Morgan fingerprint density at radius 1 is 0.962 bits per heavy atom. The second kappa shape index (κ2) is 7.84. The molecule has 0 aliphatic carbocycles. The summed E-state index contributed by atoms with van der Waals surface area (Å²) in [5, 5.41) is 7.51. The maximum Gasteiger partial charge on any atom is 0.265 e. The molecule has 0 saturated heterocycles. The molecule has 0 aliphatic heterocycles. The Morgan fingerprint density at radius 3 is 2.46 bits per heavy atom. The van der Waals surface area contributed by atoms with E-state index in [0.29, 0.717) is 27.6 Å². The van der Waals surface area contributed by atoms with Gasteiger partial charge in [0.25, 0.3) is 11.8 Å². The molecule has 0 saturated carbocycles. The second-order valence-corrected chi connectivity index (χ2v) is 6.56. The molecule has 0 fully saturated rings. The monoisotopic (exact) mass is 366 g/mol. The molecule has 1 aromatic heterocycles. The fraction of sp³-hybridized carbons (Fsp3) is 0.100. The second-order valence-electron chi connectivity index (χ2n) is 5.62. The Bertz CT molecular complexity index is 936. The van der Waals surface area contributed by atoms with Crippen LogP contribution in [-0.2, 0) is 0 Å². The van der Waals surface area contributed by atoms with E-state index in [1.54, 1.807) is 30.3 Å². The Kier molecular flexibility index (Phi) is 5.34. The number of hydrogen-bond acceptors (Lipinski definition) is 4. The number of anilines is 2. The highest BCUT2D eigenvalue weighted by molar-refractivity contribution is 7.12. The van der Waals surface area contributed by atoms with Gasteiger partial charge < -0.3 is 15.4 Å². The summed E-state index contributed by atoms with van der Waals surface area (Å²) in [5.41, 5.74) is 2.64. The minimum atomic E-state index is -0.199. The highest BCUT2D eigenvalue weighted by Crippen LogP contribution is 2.29. The quantitative estimate of drug-likeness (QED) is 0.695. The number of nitrogens with one attached hydrogen (secondary N) is 2. The number of amides is 2. The van der Waals surface area contributed by atoms with E-state index in [9.17, 15) is 9.59 Å². The molecular weight excluding hydrogens is 348 g/mol. The average Bonchev–Trinajstić information content (AvgIpc) is 3.18. The first kappa shape index (κ1) is 17.7. The van der Waals surface area contributed by atoms with Crippen LogP contribution in [0.2, 0.25) is 0 Å². The number of ether oxygens (including phenoxy) is 1. The van der Waals surface area contributed by atoms with E-state index in [0.717, 1.165) is 5.56 Å². The van der Waals surface area contributed by atoms with Crippen LogP contribution in [0.4, 0.5) is 11.4 Å². The van der Waals surface area contributed by atoms with E-state index in [-0.39, 0.29) is 11.8 Å². The van der Waals surface area contributed by atoms with Crippen molar-refractivity contribution in [2.75, 3.05) is 17.7 Å². The molecule has 0 radical (unpaired) electrons. The lowest BCUT2D eigenvalue weighted by atomic mass is 10.1. The molecule has 0 bridgehead atoms. The summed E-state index contributed by atoms with van der Waals surface area (Å²) in [6, 6.07) is 16.1. The average molecular weight is 366 g/mol. The zero-order chi connectivity index (χ0) is 18.5. The van der Waals surface area contributed by atoms with Crippen molar-refractivity contribution in [3.8, 4) is 5.75 Å². The molecule has 3 rings (SSSR count). The van der Waals surface area contributed by atoms with Crippen molar-refractivity contribution in [2.45, 2.75) is 6.92 Å². The van der Waals surface area contributed by atoms with Gasteiger partial charge in [-0.2, -0.15) is 0 Å². The van der Waals surface area contributed by atoms with E-state index >= 15 is 0 Å². The first-order valence-electron chi connectivity index (χ1n) is 7.98. The van der Waals surface area contributed by atoms with Crippen molar-refractivity contribution in [1.29, 1.82) is 0 Å². The van der Waals surface area contributed by atoms with E-state index in [1.165, 1.54) is 18.4 Å². The molecule has 0 atom stereocenters. The largest absolute Gasteiger partial charge is 0.494 e. The molecule has 0 spiro atoms. The third-order valence-electron chi connectivity index (χ3n) is 3.84. The molecule has 26 heavy (non-hydrogen) atoms. The van der Waals surface area contributed by atoms with Gasteiger partial charge in [-0.05, 0) is 42.1 Å². The minimum Gasteiger partial charge on any atom is -0.494 e. The molecular formula is C20H18N2O3S. The zero-order valence-corrected chi connectivity index (χ0v) is 15.2. The number of hydrogen-bond donors (Lipinski definition) is 2. The number of aryl methyl sites for hydroxylation is 1. The van der Waals surface area contributed by atoms with Gasteiger partial charge in [0.15, 0.2) is 0 Å². The van der Waals surface area contributed by atoms with Crippen LogP contribution in [-0.4, -0.2) is 18.9 Å². The van der Waals surface area contributed by atoms with Crippen LogP contribution in [0.5, 0.6) is 5.75 Å². The third kappa shape index (κ3) is 3.92. The Balaban J connectivity index is 1.77.